The molecule has 0 spiro atoms. The number of fused-ring (bicyclic) bond motifs is 3. The van der Waals surface area contributed by atoms with Gasteiger partial charge in [-0.05, 0) is 30.3 Å². The Hall–Kier alpha value is -2.63. The number of imidazole rings is 1. The zero-order valence-corrected chi connectivity index (χ0v) is 16.2. The second-order valence-corrected chi connectivity index (χ2v) is 8.07. The molecule has 3 aromatic carbocycles. The Bertz CT molecular complexity index is 1200. The summed E-state index contributed by atoms with van der Waals surface area (Å²) in [4.78, 5) is 17.4. The van der Waals surface area contributed by atoms with Gasteiger partial charge in [0, 0.05) is 21.7 Å². The summed E-state index contributed by atoms with van der Waals surface area (Å²) in [6.07, 6.45) is 0. The van der Waals surface area contributed by atoms with E-state index in [1.54, 1.807) is 48.2 Å². The lowest BCUT2D eigenvalue weighted by molar-refractivity contribution is 0.103. The van der Waals surface area contributed by atoms with Crippen LogP contribution in [0.25, 0.3) is 11.0 Å². The fourth-order valence-electron chi connectivity index (χ4n) is 3.60. The van der Waals surface area contributed by atoms with E-state index in [1.807, 2.05) is 28.8 Å². The first kappa shape index (κ1) is 17.5. The van der Waals surface area contributed by atoms with E-state index in [-0.39, 0.29) is 17.0 Å². The molecule has 4 aromatic rings. The van der Waals surface area contributed by atoms with Gasteiger partial charge >= 0.3 is 0 Å². The molecular weight excluding hydrogens is 395 g/mol. The number of thioether (sulfide) groups is 1. The highest BCUT2D eigenvalue weighted by Gasteiger charge is 2.31. The molecule has 0 fully saturated rings. The minimum Gasteiger partial charge on any atom is -0.310 e. The predicted molar refractivity (Wildman–Crippen MR) is 110 cm³/mol. The minimum absolute atomic E-state index is 0.0428. The topological polar surface area (TPSA) is 34.9 Å². The van der Waals surface area contributed by atoms with Crippen LogP contribution in [-0.4, -0.2) is 15.3 Å². The van der Waals surface area contributed by atoms with Crippen LogP contribution in [0, 0.1) is 5.82 Å². The summed E-state index contributed by atoms with van der Waals surface area (Å²) < 4.78 is 16.5. The molecule has 3 nitrogen and oxygen atoms in total. The number of carbonyl (C=O) groups is 1. The fourth-order valence-corrected chi connectivity index (χ4v) is 5.23. The highest BCUT2D eigenvalue weighted by atomic mass is 35.5. The molecule has 6 heteroatoms. The summed E-state index contributed by atoms with van der Waals surface area (Å²) in [5.41, 5.74) is 3.30. The van der Waals surface area contributed by atoms with E-state index >= 15 is 0 Å². The number of nitrogens with zero attached hydrogens (tertiary/aromatic N) is 2. The van der Waals surface area contributed by atoms with Crippen molar-refractivity contribution in [2.75, 3.05) is 0 Å². The molecule has 0 aliphatic carbocycles. The zero-order chi connectivity index (χ0) is 19.3. The number of carbonyl (C=O) groups excluding carboxylic acids is 1. The van der Waals surface area contributed by atoms with Gasteiger partial charge in [0.15, 0.2) is 5.78 Å². The molecule has 0 bridgehead atoms. The molecule has 0 radical (unpaired) electrons. The Kier molecular flexibility index (Phi) is 4.22. The Morgan fingerprint density at radius 1 is 1.07 bits per heavy atom. The highest BCUT2D eigenvalue weighted by molar-refractivity contribution is 7.99. The van der Waals surface area contributed by atoms with E-state index in [1.165, 1.54) is 6.07 Å². The fraction of sp³-hybridized carbons (Fsp3) is 0.0909. The van der Waals surface area contributed by atoms with Gasteiger partial charge in [-0.25, -0.2) is 9.37 Å². The lowest BCUT2D eigenvalue weighted by Gasteiger charge is -2.16. The zero-order valence-electron chi connectivity index (χ0n) is 14.6. The number of hydrogen-bond acceptors (Lipinski definition) is 3. The van der Waals surface area contributed by atoms with Gasteiger partial charge < -0.3 is 4.57 Å². The van der Waals surface area contributed by atoms with Crippen LogP contribution in [0.1, 0.15) is 32.7 Å². The van der Waals surface area contributed by atoms with E-state index in [9.17, 15) is 9.18 Å². The number of halogens is 2. The van der Waals surface area contributed by atoms with E-state index < -0.39 is 0 Å². The molecule has 1 aliphatic heterocycles. The van der Waals surface area contributed by atoms with Crippen molar-refractivity contribution in [3.63, 3.8) is 0 Å². The predicted octanol–water partition coefficient (Wildman–Crippen LogP) is 5.85. The van der Waals surface area contributed by atoms with Gasteiger partial charge in [0.05, 0.1) is 16.8 Å². The van der Waals surface area contributed by atoms with Gasteiger partial charge in [0.25, 0.3) is 0 Å². The average Bonchev–Trinajstić information content (AvgIpc) is 3.27. The SMILES string of the molecule is O=C(c1ccccc1)c1ccc2c(c1)nc1n2C(c2c(F)cccc2Cl)SC1. The van der Waals surface area contributed by atoms with Crippen molar-refractivity contribution in [2.24, 2.45) is 0 Å². The lowest BCUT2D eigenvalue weighted by atomic mass is 10.0. The van der Waals surface area contributed by atoms with Gasteiger partial charge in [0.2, 0.25) is 0 Å². The van der Waals surface area contributed by atoms with Gasteiger partial charge in [-0.15, -0.1) is 11.8 Å². The quantitative estimate of drug-likeness (QED) is 0.398. The van der Waals surface area contributed by atoms with Gasteiger partial charge in [-0.3, -0.25) is 4.79 Å². The van der Waals surface area contributed by atoms with E-state index in [0.29, 0.717) is 27.5 Å². The minimum atomic E-state index is -0.324. The van der Waals surface area contributed by atoms with Gasteiger partial charge in [-0.2, -0.15) is 0 Å². The van der Waals surface area contributed by atoms with Crippen molar-refractivity contribution < 1.29 is 9.18 Å². The summed E-state index contributed by atoms with van der Waals surface area (Å²) in [5, 5.41) is 0.132. The Morgan fingerprint density at radius 3 is 2.68 bits per heavy atom. The molecule has 1 aliphatic rings. The van der Waals surface area contributed by atoms with Crippen molar-refractivity contribution in [1.82, 2.24) is 9.55 Å². The Labute approximate surface area is 170 Å². The first-order valence-electron chi connectivity index (χ1n) is 8.79. The summed E-state index contributed by atoms with van der Waals surface area (Å²) in [6.45, 7) is 0. The maximum Gasteiger partial charge on any atom is 0.193 e. The second kappa shape index (κ2) is 6.76. The maximum atomic E-state index is 14.5. The molecular formula is C22H14ClFN2OS. The summed E-state index contributed by atoms with van der Waals surface area (Å²) in [5.74, 6) is 1.15. The molecule has 1 unspecified atom stereocenters. The Morgan fingerprint density at radius 2 is 1.89 bits per heavy atom. The third-order valence-electron chi connectivity index (χ3n) is 4.91. The largest absolute Gasteiger partial charge is 0.310 e. The normalized spacial score (nSPS) is 15.7. The van der Waals surface area contributed by atoms with Crippen LogP contribution in [0.5, 0.6) is 0 Å². The van der Waals surface area contributed by atoms with Crippen LogP contribution >= 0.6 is 23.4 Å². The molecule has 0 amide bonds. The third kappa shape index (κ3) is 2.74. The second-order valence-electron chi connectivity index (χ2n) is 6.60. The third-order valence-corrected chi connectivity index (χ3v) is 6.43. The molecule has 0 saturated carbocycles. The smallest absolute Gasteiger partial charge is 0.193 e. The molecule has 1 atom stereocenters. The Balaban J connectivity index is 1.60. The number of hydrogen-bond donors (Lipinski definition) is 0. The van der Waals surface area contributed by atoms with Crippen molar-refractivity contribution >= 4 is 40.2 Å². The van der Waals surface area contributed by atoms with Crippen molar-refractivity contribution in [1.29, 1.82) is 0 Å². The van der Waals surface area contributed by atoms with Crippen LogP contribution in [0.4, 0.5) is 4.39 Å². The molecule has 5 rings (SSSR count). The van der Waals surface area contributed by atoms with E-state index in [2.05, 4.69) is 4.98 Å². The summed E-state index contributed by atoms with van der Waals surface area (Å²) >= 11 is 7.89. The van der Waals surface area contributed by atoms with Crippen molar-refractivity contribution in [3.05, 3.63) is 100 Å². The molecule has 0 saturated heterocycles. The van der Waals surface area contributed by atoms with Crippen LogP contribution in [-0.2, 0) is 5.75 Å². The van der Waals surface area contributed by atoms with Crippen LogP contribution in [0.15, 0.2) is 66.7 Å². The average molecular weight is 409 g/mol. The van der Waals surface area contributed by atoms with Gasteiger partial charge in [-0.1, -0.05) is 48.0 Å². The van der Waals surface area contributed by atoms with Crippen LogP contribution in [0.2, 0.25) is 5.02 Å². The number of ketones is 1. The van der Waals surface area contributed by atoms with Crippen LogP contribution < -0.4 is 0 Å². The molecule has 1 aromatic heterocycles. The van der Waals surface area contributed by atoms with Crippen molar-refractivity contribution in [3.8, 4) is 0 Å². The van der Waals surface area contributed by atoms with Crippen LogP contribution in [0.3, 0.4) is 0 Å². The molecule has 138 valence electrons. The van der Waals surface area contributed by atoms with Gasteiger partial charge in [0.1, 0.15) is 17.0 Å². The number of benzene rings is 3. The summed E-state index contributed by atoms with van der Waals surface area (Å²) in [7, 11) is 0. The monoisotopic (exact) mass is 408 g/mol. The maximum absolute atomic E-state index is 14.5. The molecule has 0 N–H and O–H groups in total. The van der Waals surface area contributed by atoms with E-state index in [0.717, 1.165) is 16.9 Å². The molecule has 28 heavy (non-hydrogen) atoms. The first-order chi connectivity index (χ1) is 13.6. The number of aromatic nitrogens is 2. The molecule has 2 heterocycles. The lowest BCUT2D eigenvalue weighted by Crippen LogP contribution is -2.06. The summed E-state index contributed by atoms with van der Waals surface area (Å²) in [6, 6.07) is 19.4. The van der Waals surface area contributed by atoms with Crippen molar-refractivity contribution in [2.45, 2.75) is 11.1 Å². The highest BCUT2D eigenvalue weighted by Crippen LogP contribution is 2.45. The standard InChI is InChI=1S/C22H14ClFN2OS/c23-15-7-4-8-16(24)20(15)22-26-18-10-9-14(11-17(18)25-19(26)12-28-22)21(27)13-5-2-1-3-6-13/h1-11,22H,12H2. The first-order valence-corrected chi connectivity index (χ1v) is 10.2. The van der Waals surface area contributed by atoms with E-state index in [4.69, 9.17) is 11.6 Å². The number of rotatable bonds is 3.